The molecule has 0 amide bonds. The Morgan fingerprint density at radius 2 is 2.10 bits per heavy atom. The molecule has 0 saturated heterocycles. The average Bonchev–Trinajstić information content (AvgIpc) is 2.78. The lowest BCUT2D eigenvalue weighted by atomic mass is 10.2. The van der Waals surface area contributed by atoms with Crippen LogP contribution in [0.2, 0.25) is 0 Å². The van der Waals surface area contributed by atoms with Crippen molar-refractivity contribution in [1.29, 1.82) is 0 Å². The molecule has 6 heteroatoms. The third-order valence-corrected chi connectivity index (χ3v) is 4.07. The van der Waals surface area contributed by atoms with Crippen molar-refractivity contribution in [3.63, 3.8) is 0 Å². The molecule has 3 rings (SSSR count). The summed E-state index contributed by atoms with van der Waals surface area (Å²) in [6.07, 6.45) is 1.26. The smallest absolute Gasteiger partial charge is 0.360 e. The average molecular weight is 300 g/mol. The molecular weight excluding hydrogens is 288 g/mol. The molecule has 1 aliphatic heterocycles. The van der Waals surface area contributed by atoms with Crippen LogP contribution < -0.4 is 10.1 Å². The van der Waals surface area contributed by atoms with Gasteiger partial charge in [0.05, 0.1) is 21.3 Å². The number of benzene rings is 1. The van der Waals surface area contributed by atoms with Gasteiger partial charge in [0.2, 0.25) is 0 Å². The topological polar surface area (TPSA) is 68.3 Å². The van der Waals surface area contributed by atoms with Crippen LogP contribution in [0.1, 0.15) is 20.4 Å². The van der Waals surface area contributed by atoms with Crippen LogP contribution in [-0.2, 0) is 4.79 Å². The number of carbonyl (C=O) groups excluding carboxylic acids is 2. The van der Waals surface area contributed by atoms with Gasteiger partial charge in [-0.15, -0.1) is 11.3 Å². The minimum Gasteiger partial charge on any atom is -0.420 e. The number of thiazole rings is 1. The van der Waals surface area contributed by atoms with Crippen molar-refractivity contribution >= 4 is 28.8 Å². The first kappa shape index (κ1) is 13.5. The number of rotatable bonds is 2. The van der Waals surface area contributed by atoms with Crippen molar-refractivity contribution in [2.24, 2.45) is 0 Å². The van der Waals surface area contributed by atoms with Gasteiger partial charge >= 0.3 is 5.97 Å². The summed E-state index contributed by atoms with van der Waals surface area (Å²) in [5.41, 5.74) is 1.46. The number of fused-ring (bicyclic) bond motifs is 1. The summed E-state index contributed by atoms with van der Waals surface area (Å²) < 4.78 is 5.18. The van der Waals surface area contributed by atoms with Crippen LogP contribution in [0.5, 0.6) is 5.75 Å². The summed E-state index contributed by atoms with van der Waals surface area (Å²) in [5, 5.41) is 3.74. The number of ketones is 1. The second-order valence-corrected chi connectivity index (χ2v) is 5.78. The predicted octanol–water partition coefficient (Wildman–Crippen LogP) is 2.86. The van der Waals surface area contributed by atoms with E-state index in [1.165, 1.54) is 17.4 Å². The lowest BCUT2D eigenvalue weighted by molar-refractivity contribution is -0.130. The van der Waals surface area contributed by atoms with Gasteiger partial charge < -0.3 is 10.1 Å². The number of aryl methyl sites for hydroxylation is 2. The van der Waals surface area contributed by atoms with Gasteiger partial charge in [-0.3, -0.25) is 4.79 Å². The van der Waals surface area contributed by atoms with Gasteiger partial charge in [0.15, 0.2) is 11.5 Å². The largest absolute Gasteiger partial charge is 0.420 e. The van der Waals surface area contributed by atoms with Crippen LogP contribution in [0.25, 0.3) is 0 Å². The monoisotopic (exact) mass is 300 g/mol. The zero-order chi connectivity index (χ0) is 15.0. The van der Waals surface area contributed by atoms with Crippen molar-refractivity contribution < 1.29 is 14.3 Å². The molecule has 1 N–H and O–H groups in total. The molecule has 21 heavy (non-hydrogen) atoms. The van der Waals surface area contributed by atoms with E-state index < -0.39 is 5.97 Å². The molecule has 1 aromatic heterocycles. The Balaban J connectivity index is 1.92. The third kappa shape index (κ3) is 2.57. The van der Waals surface area contributed by atoms with Gasteiger partial charge in [-0.1, -0.05) is 12.1 Å². The van der Waals surface area contributed by atoms with E-state index in [4.69, 9.17) is 4.74 Å². The molecule has 0 aliphatic carbocycles. The number of esters is 1. The summed E-state index contributed by atoms with van der Waals surface area (Å²) in [4.78, 5) is 28.9. The second kappa shape index (κ2) is 5.14. The predicted molar refractivity (Wildman–Crippen MR) is 79.7 cm³/mol. The molecule has 2 heterocycles. The quantitative estimate of drug-likeness (QED) is 0.400. The van der Waals surface area contributed by atoms with Gasteiger partial charge in [0, 0.05) is 6.08 Å². The Kier molecular flexibility index (Phi) is 3.31. The molecule has 0 fully saturated rings. The molecule has 0 radical (unpaired) electrons. The molecule has 0 unspecified atom stereocenters. The Morgan fingerprint density at radius 1 is 1.33 bits per heavy atom. The highest BCUT2D eigenvalue weighted by atomic mass is 32.1. The molecule has 5 nitrogen and oxygen atoms in total. The fourth-order valence-electron chi connectivity index (χ4n) is 2.06. The van der Waals surface area contributed by atoms with Crippen molar-refractivity contribution in [3.05, 3.63) is 51.6 Å². The van der Waals surface area contributed by atoms with Crippen LogP contribution in [-0.4, -0.2) is 16.7 Å². The SMILES string of the molecule is Cc1nc(C)c(C(=O)C=C2Nc3ccccc3OC2=O)s1. The van der Waals surface area contributed by atoms with Gasteiger partial charge in [0.25, 0.3) is 0 Å². The zero-order valence-electron chi connectivity index (χ0n) is 11.5. The van der Waals surface area contributed by atoms with E-state index in [0.29, 0.717) is 22.0 Å². The van der Waals surface area contributed by atoms with E-state index in [1.807, 2.05) is 13.0 Å². The summed E-state index contributed by atoms with van der Waals surface area (Å²) >= 11 is 1.31. The number of ether oxygens (including phenoxy) is 1. The van der Waals surface area contributed by atoms with E-state index in [-0.39, 0.29) is 11.5 Å². The Morgan fingerprint density at radius 3 is 2.81 bits per heavy atom. The number of carbonyl (C=O) groups is 2. The molecular formula is C15H12N2O3S. The zero-order valence-corrected chi connectivity index (χ0v) is 12.3. The van der Waals surface area contributed by atoms with E-state index >= 15 is 0 Å². The van der Waals surface area contributed by atoms with Crippen molar-refractivity contribution in [2.75, 3.05) is 5.32 Å². The molecule has 0 bridgehead atoms. The number of hydrogen-bond acceptors (Lipinski definition) is 6. The first-order valence-electron chi connectivity index (χ1n) is 6.33. The van der Waals surface area contributed by atoms with Crippen LogP contribution in [0.3, 0.4) is 0 Å². The van der Waals surface area contributed by atoms with Crippen LogP contribution in [0.4, 0.5) is 5.69 Å². The maximum atomic E-state index is 12.3. The van der Waals surface area contributed by atoms with Crippen LogP contribution in [0.15, 0.2) is 36.0 Å². The highest BCUT2D eigenvalue weighted by Gasteiger charge is 2.23. The minimum atomic E-state index is -0.569. The molecule has 1 aliphatic rings. The molecule has 2 aromatic rings. The maximum absolute atomic E-state index is 12.3. The minimum absolute atomic E-state index is 0.129. The normalized spacial score (nSPS) is 15.3. The summed E-state index contributed by atoms with van der Waals surface area (Å²) in [6, 6.07) is 7.07. The maximum Gasteiger partial charge on any atom is 0.360 e. The number of hydrogen-bond donors (Lipinski definition) is 1. The lowest BCUT2D eigenvalue weighted by Gasteiger charge is -2.19. The first-order chi connectivity index (χ1) is 10.0. The number of nitrogens with zero attached hydrogens (tertiary/aromatic N) is 1. The van der Waals surface area contributed by atoms with Crippen molar-refractivity contribution in [1.82, 2.24) is 4.98 Å². The van der Waals surface area contributed by atoms with E-state index in [0.717, 1.165) is 5.01 Å². The number of para-hydroxylation sites is 2. The number of aromatic nitrogens is 1. The molecule has 0 spiro atoms. The molecule has 1 aromatic carbocycles. The standard InChI is InChI=1S/C15H12N2O3S/c1-8-14(21-9(2)16-8)12(18)7-11-15(19)20-13-6-4-3-5-10(13)17-11/h3-7,17H,1-2H3. The summed E-state index contributed by atoms with van der Waals surface area (Å²) in [7, 11) is 0. The van der Waals surface area contributed by atoms with Crippen LogP contribution in [0, 0.1) is 13.8 Å². The van der Waals surface area contributed by atoms with Crippen molar-refractivity contribution in [2.45, 2.75) is 13.8 Å². The molecule has 106 valence electrons. The Labute approximate surface area is 125 Å². The van der Waals surface area contributed by atoms with Gasteiger partial charge in [-0.2, -0.15) is 0 Å². The number of anilines is 1. The molecule has 0 atom stereocenters. The summed E-state index contributed by atoms with van der Waals surface area (Å²) in [5.74, 6) is -0.366. The fraction of sp³-hybridized carbons (Fsp3) is 0.133. The third-order valence-electron chi connectivity index (χ3n) is 2.98. The van der Waals surface area contributed by atoms with E-state index in [9.17, 15) is 9.59 Å². The highest BCUT2D eigenvalue weighted by Crippen LogP contribution is 2.30. The van der Waals surface area contributed by atoms with E-state index in [1.54, 1.807) is 25.1 Å². The van der Waals surface area contributed by atoms with Gasteiger partial charge in [-0.25, -0.2) is 9.78 Å². The van der Waals surface area contributed by atoms with Gasteiger partial charge in [-0.05, 0) is 26.0 Å². The van der Waals surface area contributed by atoms with Crippen molar-refractivity contribution in [3.8, 4) is 5.75 Å². The first-order valence-corrected chi connectivity index (χ1v) is 7.14. The number of nitrogens with one attached hydrogen (secondary N) is 1. The Bertz CT molecular complexity index is 777. The highest BCUT2D eigenvalue weighted by molar-refractivity contribution is 7.13. The lowest BCUT2D eigenvalue weighted by Crippen LogP contribution is -2.23. The Hall–Kier alpha value is -2.47. The van der Waals surface area contributed by atoms with Gasteiger partial charge in [0.1, 0.15) is 5.70 Å². The second-order valence-electron chi connectivity index (χ2n) is 4.58. The number of allylic oxidation sites excluding steroid dienone is 1. The fourth-order valence-corrected chi connectivity index (χ4v) is 2.89. The summed E-state index contributed by atoms with van der Waals surface area (Å²) in [6.45, 7) is 3.61. The molecule has 0 saturated carbocycles. The van der Waals surface area contributed by atoms with E-state index in [2.05, 4.69) is 10.3 Å². The van der Waals surface area contributed by atoms with Crippen LogP contribution >= 0.6 is 11.3 Å².